The fourth-order valence-corrected chi connectivity index (χ4v) is 2.81. The maximum absolute atomic E-state index is 12.3. The van der Waals surface area contributed by atoms with Crippen molar-refractivity contribution < 1.29 is 14.2 Å². The van der Waals surface area contributed by atoms with Gasteiger partial charge in [0.25, 0.3) is 0 Å². The Labute approximate surface area is 120 Å². The van der Waals surface area contributed by atoms with Crippen molar-refractivity contribution in [1.82, 2.24) is 0 Å². The van der Waals surface area contributed by atoms with E-state index in [1.807, 2.05) is 51.1 Å². The molecule has 106 valence electrons. The minimum Gasteiger partial charge on any atom is -0.423 e. The lowest BCUT2D eigenvalue weighted by atomic mass is 9.44. The summed E-state index contributed by atoms with van der Waals surface area (Å²) >= 11 is 0. The number of benzene rings is 1. The molecule has 1 aromatic rings. The maximum Gasteiger partial charge on any atom is 0.442 e. The van der Waals surface area contributed by atoms with Crippen molar-refractivity contribution in [3.63, 3.8) is 0 Å². The monoisotopic (exact) mass is 272 g/mol. The Hall–Kier alpha value is -1.42. The van der Waals surface area contributed by atoms with Gasteiger partial charge < -0.3 is 14.2 Å². The lowest BCUT2D eigenvalue weighted by Crippen LogP contribution is -2.54. The molecular weight excluding hydrogens is 251 g/mol. The highest BCUT2D eigenvalue weighted by Gasteiger charge is 2.50. The molecular formula is C16H21BO3. The van der Waals surface area contributed by atoms with Crippen molar-refractivity contribution in [2.24, 2.45) is 11.3 Å². The summed E-state index contributed by atoms with van der Waals surface area (Å²) in [4.78, 5) is 24.4. The van der Waals surface area contributed by atoms with Crippen molar-refractivity contribution in [1.29, 1.82) is 0 Å². The van der Waals surface area contributed by atoms with Crippen LogP contribution in [0.2, 0.25) is 0 Å². The summed E-state index contributed by atoms with van der Waals surface area (Å²) in [7, 11) is 0. The Balaban J connectivity index is 1.97. The van der Waals surface area contributed by atoms with Crippen LogP contribution in [0.15, 0.2) is 30.3 Å². The zero-order valence-electron chi connectivity index (χ0n) is 12.4. The molecule has 0 saturated carbocycles. The third-order valence-corrected chi connectivity index (χ3v) is 3.98. The molecule has 20 heavy (non-hydrogen) atoms. The van der Waals surface area contributed by atoms with Crippen LogP contribution in [0, 0.1) is 11.3 Å². The van der Waals surface area contributed by atoms with Crippen molar-refractivity contribution >= 4 is 18.3 Å². The van der Waals surface area contributed by atoms with Crippen LogP contribution in [0.4, 0.5) is 0 Å². The summed E-state index contributed by atoms with van der Waals surface area (Å²) in [5.41, 5.74) is 0.539. The van der Waals surface area contributed by atoms with Crippen molar-refractivity contribution in [2.45, 2.75) is 33.6 Å². The van der Waals surface area contributed by atoms with E-state index in [0.717, 1.165) is 5.56 Å². The maximum atomic E-state index is 12.3. The van der Waals surface area contributed by atoms with Gasteiger partial charge >= 0.3 is 6.92 Å². The standard InChI is InChI=1S/C16H21BO3/c1-12-11-16(2,3)15(19)17(14(12)18)20-10-9-13-7-5-4-6-8-13/h4-8,12H,9-11H2,1-3H3. The smallest absolute Gasteiger partial charge is 0.423 e. The predicted molar refractivity (Wildman–Crippen MR) is 79.4 cm³/mol. The fraction of sp³-hybridized carbons (Fsp3) is 0.500. The zero-order chi connectivity index (χ0) is 14.8. The van der Waals surface area contributed by atoms with Gasteiger partial charge in [0.1, 0.15) is 11.4 Å². The molecule has 4 heteroatoms. The Morgan fingerprint density at radius 3 is 2.55 bits per heavy atom. The second-order valence-corrected chi connectivity index (χ2v) is 6.24. The summed E-state index contributed by atoms with van der Waals surface area (Å²) < 4.78 is 5.62. The first-order chi connectivity index (χ1) is 9.42. The number of rotatable bonds is 4. The molecule has 0 aliphatic carbocycles. The van der Waals surface area contributed by atoms with Crippen LogP contribution in [-0.2, 0) is 20.7 Å². The molecule has 1 fully saturated rings. The summed E-state index contributed by atoms with van der Waals surface area (Å²) in [6.45, 7) is 5.19. The molecule has 1 aliphatic rings. The molecule has 1 atom stereocenters. The van der Waals surface area contributed by atoms with E-state index in [-0.39, 0.29) is 17.3 Å². The van der Waals surface area contributed by atoms with Crippen LogP contribution in [-0.4, -0.2) is 24.9 Å². The van der Waals surface area contributed by atoms with Gasteiger partial charge in [-0.15, -0.1) is 0 Å². The molecule has 0 N–H and O–H groups in total. The van der Waals surface area contributed by atoms with E-state index in [0.29, 0.717) is 19.4 Å². The van der Waals surface area contributed by atoms with Gasteiger partial charge in [-0.25, -0.2) is 0 Å². The summed E-state index contributed by atoms with van der Waals surface area (Å²) in [6.07, 6.45) is 1.33. The summed E-state index contributed by atoms with van der Waals surface area (Å²) in [6, 6.07) is 9.93. The second kappa shape index (κ2) is 5.92. The van der Waals surface area contributed by atoms with Crippen LogP contribution in [0.5, 0.6) is 0 Å². The molecule has 0 bridgehead atoms. The van der Waals surface area contributed by atoms with Gasteiger partial charge in [-0.05, 0) is 18.4 Å². The molecule has 0 aromatic heterocycles. The van der Waals surface area contributed by atoms with E-state index in [9.17, 15) is 9.59 Å². The zero-order valence-corrected chi connectivity index (χ0v) is 12.4. The van der Waals surface area contributed by atoms with Gasteiger partial charge in [0.05, 0.1) is 0 Å². The van der Waals surface area contributed by atoms with Gasteiger partial charge in [-0.1, -0.05) is 51.1 Å². The van der Waals surface area contributed by atoms with Gasteiger partial charge in [-0.2, -0.15) is 0 Å². The lowest BCUT2D eigenvalue weighted by molar-refractivity contribution is -0.128. The van der Waals surface area contributed by atoms with Gasteiger partial charge in [-0.3, -0.25) is 0 Å². The van der Waals surface area contributed by atoms with E-state index >= 15 is 0 Å². The van der Waals surface area contributed by atoms with Crippen LogP contribution in [0.3, 0.4) is 0 Å². The number of hydrogen-bond acceptors (Lipinski definition) is 3. The minimum atomic E-state index is -0.877. The average Bonchev–Trinajstić information content (AvgIpc) is 2.41. The first kappa shape index (κ1) is 15.0. The van der Waals surface area contributed by atoms with E-state index in [4.69, 9.17) is 4.65 Å². The average molecular weight is 272 g/mol. The molecule has 0 spiro atoms. The summed E-state index contributed by atoms with van der Waals surface area (Å²) in [5.74, 6) is -0.107. The number of carbonyl (C=O) groups excluding carboxylic acids is 2. The molecule has 1 aliphatic heterocycles. The van der Waals surface area contributed by atoms with Crippen LogP contribution < -0.4 is 0 Å². The quantitative estimate of drug-likeness (QED) is 0.791. The van der Waals surface area contributed by atoms with E-state index in [1.165, 1.54) is 0 Å². The largest absolute Gasteiger partial charge is 0.442 e. The van der Waals surface area contributed by atoms with Crippen LogP contribution >= 0.6 is 0 Å². The normalized spacial score (nSPS) is 22.1. The molecule has 1 saturated heterocycles. The number of hydrogen-bond donors (Lipinski definition) is 0. The van der Waals surface area contributed by atoms with Gasteiger partial charge in [0.2, 0.25) is 0 Å². The molecule has 2 rings (SSSR count). The van der Waals surface area contributed by atoms with E-state index in [1.54, 1.807) is 0 Å². The highest BCUT2D eigenvalue weighted by molar-refractivity contribution is 7.08. The van der Waals surface area contributed by atoms with Gasteiger partial charge in [0.15, 0.2) is 0 Å². The van der Waals surface area contributed by atoms with Crippen molar-refractivity contribution in [3.8, 4) is 0 Å². The minimum absolute atomic E-state index is 0.0672. The molecule has 3 nitrogen and oxygen atoms in total. The number of carbonyl (C=O) groups is 2. The van der Waals surface area contributed by atoms with E-state index < -0.39 is 12.3 Å². The lowest BCUT2D eigenvalue weighted by Gasteiger charge is -2.34. The topological polar surface area (TPSA) is 43.4 Å². The van der Waals surface area contributed by atoms with Crippen molar-refractivity contribution in [2.75, 3.05) is 6.61 Å². The SMILES string of the molecule is CC1CC(C)(C)C(=O)B(OCCc2ccccc2)C1=O. The Kier molecular flexibility index (Phi) is 4.43. The fourth-order valence-electron chi connectivity index (χ4n) is 2.81. The van der Waals surface area contributed by atoms with Crippen LogP contribution in [0.1, 0.15) is 32.8 Å². The summed E-state index contributed by atoms with van der Waals surface area (Å²) in [5, 5.41) is 0. The highest BCUT2D eigenvalue weighted by atomic mass is 16.4. The third-order valence-electron chi connectivity index (χ3n) is 3.98. The second-order valence-electron chi connectivity index (χ2n) is 6.24. The molecule has 1 heterocycles. The predicted octanol–water partition coefficient (Wildman–Crippen LogP) is 2.52. The van der Waals surface area contributed by atoms with E-state index in [2.05, 4.69) is 0 Å². The molecule has 1 unspecified atom stereocenters. The van der Waals surface area contributed by atoms with Crippen molar-refractivity contribution in [3.05, 3.63) is 35.9 Å². The first-order valence-corrected chi connectivity index (χ1v) is 7.15. The Bertz CT molecular complexity index is 496. The van der Waals surface area contributed by atoms with Gasteiger partial charge in [0, 0.05) is 17.9 Å². The molecule has 1 aromatic carbocycles. The highest BCUT2D eigenvalue weighted by Crippen LogP contribution is 2.33. The third kappa shape index (κ3) is 3.18. The molecule has 0 amide bonds. The Morgan fingerprint density at radius 2 is 1.90 bits per heavy atom. The van der Waals surface area contributed by atoms with Crippen LogP contribution in [0.25, 0.3) is 0 Å². The first-order valence-electron chi connectivity index (χ1n) is 7.15. The Morgan fingerprint density at radius 1 is 1.25 bits per heavy atom. The molecule has 0 radical (unpaired) electrons.